The van der Waals surface area contributed by atoms with Gasteiger partial charge in [-0.2, -0.15) is 0 Å². The van der Waals surface area contributed by atoms with E-state index >= 15 is 0 Å². The Hall–Kier alpha value is -1.67. The first-order chi connectivity index (χ1) is 12.2. The van der Waals surface area contributed by atoms with Gasteiger partial charge in [-0.15, -0.1) is 5.92 Å². The predicted molar refractivity (Wildman–Crippen MR) is 106 cm³/mol. The molecule has 0 spiro atoms. The maximum atomic E-state index is 12.0. The summed E-state index contributed by atoms with van der Waals surface area (Å²) in [4.78, 5) is 14.4. The molecule has 0 aromatic heterocycles. The van der Waals surface area contributed by atoms with Gasteiger partial charge >= 0.3 is 0 Å². The molecule has 1 atom stereocenters. The number of hydrogen-bond donors (Lipinski definition) is 1. The summed E-state index contributed by atoms with van der Waals surface area (Å²) in [6.07, 6.45) is 6.65. The van der Waals surface area contributed by atoms with Gasteiger partial charge in [0.25, 0.3) is 0 Å². The van der Waals surface area contributed by atoms with Crippen LogP contribution in [0, 0.1) is 17.8 Å². The van der Waals surface area contributed by atoms with Crippen LogP contribution in [0.25, 0.3) is 0 Å². The first-order valence-corrected chi connectivity index (χ1v) is 9.64. The molecule has 26 heavy (non-hydrogen) atoms. The Labute approximate surface area is 157 Å². The fourth-order valence-electron chi connectivity index (χ4n) is 3.44. The minimum atomic E-state index is -1.03. The predicted octanol–water partition coefficient (Wildman–Crippen LogP) is 3.15. The molecule has 1 unspecified atom stereocenters. The summed E-state index contributed by atoms with van der Waals surface area (Å²) in [7, 11) is 0. The molecular formula is C22H33NO3. The largest absolute Gasteiger partial charge is 0.412 e. The van der Waals surface area contributed by atoms with Gasteiger partial charge in [0.2, 0.25) is 0 Å². The number of benzene rings is 1. The number of rotatable bonds is 8. The molecule has 1 aliphatic carbocycles. The Morgan fingerprint density at radius 3 is 2.54 bits per heavy atom. The Bertz CT molecular complexity index is 570. The summed E-state index contributed by atoms with van der Waals surface area (Å²) < 4.78 is 0. The molecule has 4 heteroatoms. The molecule has 1 saturated carbocycles. The van der Waals surface area contributed by atoms with Gasteiger partial charge in [0, 0.05) is 19.4 Å². The van der Waals surface area contributed by atoms with E-state index in [-0.39, 0.29) is 11.3 Å². The van der Waals surface area contributed by atoms with Crippen molar-refractivity contribution in [2.75, 3.05) is 19.6 Å². The van der Waals surface area contributed by atoms with Crippen molar-refractivity contribution in [3.05, 3.63) is 35.9 Å². The minimum Gasteiger partial charge on any atom is -0.412 e. The van der Waals surface area contributed by atoms with Crippen LogP contribution in [0.15, 0.2) is 30.3 Å². The van der Waals surface area contributed by atoms with Crippen molar-refractivity contribution >= 4 is 5.78 Å². The lowest BCUT2D eigenvalue weighted by Crippen LogP contribution is -2.30. The summed E-state index contributed by atoms with van der Waals surface area (Å²) in [6.45, 7) is 5.14. The minimum absolute atomic E-state index is 0. The molecule has 0 radical (unpaired) electrons. The highest BCUT2D eigenvalue weighted by Gasteiger charge is 2.16. The molecule has 1 fully saturated rings. The lowest BCUT2D eigenvalue weighted by Gasteiger charge is -2.27. The van der Waals surface area contributed by atoms with Gasteiger partial charge in [-0.3, -0.25) is 9.69 Å². The second kappa shape index (κ2) is 12.6. The Morgan fingerprint density at radius 2 is 1.88 bits per heavy atom. The average Bonchev–Trinajstić information content (AvgIpc) is 2.67. The van der Waals surface area contributed by atoms with Crippen molar-refractivity contribution in [1.82, 2.24) is 4.90 Å². The fourth-order valence-corrected chi connectivity index (χ4v) is 3.44. The fraction of sp³-hybridized carbons (Fsp3) is 0.591. The number of nitrogens with zero attached hydrogens (tertiary/aromatic N) is 1. The first-order valence-electron chi connectivity index (χ1n) is 9.64. The lowest BCUT2D eigenvalue weighted by molar-refractivity contribution is -0.127. The van der Waals surface area contributed by atoms with Crippen LogP contribution in [-0.2, 0) is 4.79 Å². The topological polar surface area (TPSA) is 72.0 Å². The van der Waals surface area contributed by atoms with E-state index in [0.29, 0.717) is 18.4 Å². The number of aliphatic hydroxyl groups is 1. The molecule has 0 bridgehead atoms. The van der Waals surface area contributed by atoms with E-state index in [0.717, 1.165) is 25.6 Å². The first kappa shape index (κ1) is 22.4. The third-order valence-electron chi connectivity index (χ3n) is 5.03. The second-order valence-electron chi connectivity index (χ2n) is 6.96. The summed E-state index contributed by atoms with van der Waals surface area (Å²) in [5, 5.41) is 10.0. The Morgan fingerprint density at radius 1 is 1.19 bits per heavy atom. The van der Waals surface area contributed by atoms with Crippen molar-refractivity contribution in [3.8, 4) is 11.8 Å². The van der Waals surface area contributed by atoms with E-state index in [2.05, 4.69) is 23.7 Å². The van der Waals surface area contributed by atoms with Crippen molar-refractivity contribution in [2.24, 2.45) is 5.92 Å². The zero-order valence-electron chi connectivity index (χ0n) is 15.9. The van der Waals surface area contributed by atoms with Gasteiger partial charge in [0.15, 0.2) is 5.78 Å². The molecule has 0 aliphatic heterocycles. The number of Topliss-reactive ketones (excluding diaryl/α,β-unsaturated/α-hetero) is 1. The van der Waals surface area contributed by atoms with Crippen LogP contribution >= 0.6 is 0 Å². The van der Waals surface area contributed by atoms with Crippen LogP contribution in [0.5, 0.6) is 0 Å². The maximum absolute atomic E-state index is 12.0. The second-order valence-corrected chi connectivity index (χ2v) is 6.96. The molecule has 1 aromatic rings. The van der Waals surface area contributed by atoms with Crippen molar-refractivity contribution in [1.29, 1.82) is 0 Å². The SMILES string of the molecule is CCN(CC#CCCC(=O)C(O)c1ccccc1)CC1CCCCC1.O. The number of carbonyl (C=O) groups is 1. The highest BCUT2D eigenvalue weighted by Crippen LogP contribution is 2.24. The van der Waals surface area contributed by atoms with Gasteiger partial charge in [0.05, 0.1) is 6.54 Å². The van der Waals surface area contributed by atoms with Crippen molar-refractivity contribution < 1.29 is 15.4 Å². The number of carbonyl (C=O) groups excluding carboxylic acids is 1. The van der Waals surface area contributed by atoms with Crippen LogP contribution in [-0.4, -0.2) is 40.9 Å². The summed E-state index contributed by atoms with van der Waals surface area (Å²) >= 11 is 0. The standard InChI is InChI=1S/C22H31NO2.H2O/c1-2-23(18-19-12-6-3-7-13-19)17-11-5-10-16-21(24)22(25)20-14-8-4-9-15-20;/h4,8-9,14-15,19,22,25H,2-3,6-7,10,12-13,16-18H2,1H3;1H2. The van der Waals surface area contributed by atoms with Gasteiger partial charge in [-0.25, -0.2) is 0 Å². The average molecular weight is 360 g/mol. The van der Waals surface area contributed by atoms with Crippen molar-refractivity contribution in [3.63, 3.8) is 0 Å². The van der Waals surface area contributed by atoms with Gasteiger partial charge in [-0.05, 0) is 30.9 Å². The van der Waals surface area contributed by atoms with Gasteiger partial charge < -0.3 is 10.6 Å². The zero-order valence-corrected chi connectivity index (χ0v) is 15.9. The maximum Gasteiger partial charge on any atom is 0.166 e. The summed E-state index contributed by atoms with van der Waals surface area (Å²) in [6, 6.07) is 9.09. The molecule has 1 aromatic carbocycles. The van der Waals surface area contributed by atoms with Gasteiger partial charge in [0.1, 0.15) is 6.10 Å². The number of hydrogen-bond acceptors (Lipinski definition) is 3. The summed E-state index contributed by atoms with van der Waals surface area (Å²) in [5.74, 6) is 6.98. The third kappa shape index (κ3) is 7.70. The highest BCUT2D eigenvalue weighted by molar-refractivity contribution is 5.84. The van der Waals surface area contributed by atoms with Crippen LogP contribution in [0.4, 0.5) is 0 Å². The van der Waals surface area contributed by atoms with Crippen LogP contribution in [0.1, 0.15) is 63.5 Å². The smallest absolute Gasteiger partial charge is 0.166 e. The molecule has 3 N–H and O–H groups in total. The normalized spacial score (nSPS) is 15.7. The van der Waals surface area contributed by atoms with Crippen LogP contribution in [0.3, 0.4) is 0 Å². The molecule has 4 nitrogen and oxygen atoms in total. The van der Waals surface area contributed by atoms with Crippen molar-refractivity contribution in [2.45, 2.75) is 58.0 Å². The van der Waals surface area contributed by atoms with E-state index in [9.17, 15) is 9.90 Å². The molecule has 1 aliphatic rings. The molecule has 0 saturated heterocycles. The Balaban J connectivity index is 0.00000338. The zero-order chi connectivity index (χ0) is 17.9. The lowest BCUT2D eigenvalue weighted by atomic mass is 9.89. The number of ketones is 1. The Kier molecular flexibility index (Phi) is 10.9. The van der Waals surface area contributed by atoms with E-state index in [4.69, 9.17) is 0 Å². The van der Waals surface area contributed by atoms with Gasteiger partial charge in [-0.1, -0.05) is 62.4 Å². The quantitative estimate of drug-likeness (QED) is 0.725. The third-order valence-corrected chi connectivity index (χ3v) is 5.03. The van der Waals surface area contributed by atoms with E-state index in [1.807, 2.05) is 18.2 Å². The van der Waals surface area contributed by atoms with Crippen LogP contribution in [0.2, 0.25) is 0 Å². The monoisotopic (exact) mass is 359 g/mol. The van der Waals surface area contributed by atoms with E-state index in [1.54, 1.807) is 12.1 Å². The van der Waals surface area contributed by atoms with E-state index < -0.39 is 6.10 Å². The molecular weight excluding hydrogens is 326 g/mol. The highest BCUT2D eigenvalue weighted by atomic mass is 16.3. The molecule has 0 heterocycles. The molecule has 0 amide bonds. The molecule has 2 rings (SSSR count). The van der Waals surface area contributed by atoms with Crippen LogP contribution < -0.4 is 0 Å². The summed E-state index contributed by atoms with van der Waals surface area (Å²) in [5.41, 5.74) is 0.657. The van der Waals surface area contributed by atoms with E-state index in [1.165, 1.54) is 32.1 Å². The number of aliphatic hydroxyl groups excluding tert-OH is 1. The molecule has 144 valence electrons.